The zero-order chi connectivity index (χ0) is 11.4. The highest BCUT2D eigenvalue weighted by Gasteiger charge is 2.11. The van der Waals surface area contributed by atoms with E-state index >= 15 is 0 Å². The SMILES string of the molecule is COc1ccc(Br)cc1N(C)CC(=O)O. The number of aliphatic carboxylic acids is 1. The van der Waals surface area contributed by atoms with Gasteiger partial charge in [0, 0.05) is 11.5 Å². The molecule has 0 amide bonds. The molecule has 1 aromatic carbocycles. The van der Waals surface area contributed by atoms with Crippen LogP contribution in [0.1, 0.15) is 0 Å². The highest BCUT2D eigenvalue weighted by molar-refractivity contribution is 9.10. The van der Waals surface area contributed by atoms with E-state index < -0.39 is 5.97 Å². The van der Waals surface area contributed by atoms with Gasteiger partial charge in [-0.2, -0.15) is 0 Å². The molecule has 0 aliphatic carbocycles. The molecule has 5 heteroatoms. The normalized spacial score (nSPS) is 9.80. The monoisotopic (exact) mass is 273 g/mol. The van der Waals surface area contributed by atoms with Gasteiger partial charge >= 0.3 is 5.97 Å². The summed E-state index contributed by atoms with van der Waals surface area (Å²) in [5.74, 6) is -0.221. The molecule has 0 atom stereocenters. The lowest BCUT2D eigenvalue weighted by atomic mass is 10.2. The molecule has 0 saturated carbocycles. The number of rotatable bonds is 4. The first-order chi connectivity index (χ1) is 7.04. The van der Waals surface area contributed by atoms with Crippen LogP contribution in [-0.4, -0.2) is 31.8 Å². The van der Waals surface area contributed by atoms with Gasteiger partial charge in [-0.3, -0.25) is 4.79 Å². The predicted molar refractivity (Wildman–Crippen MR) is 61.6 cm³/mol. The van der Waals surface area contributed by atoms with Crippen LogP contribution in [0.3, 0.4) is 0 Å². The number of hydrogen-bond donors (Lipinski definition) is 1. The Morgan fingerprint density at radius 2 is 2.27 bits per heavy atom. The van der Waals surface area contributed by atoms with Gasteiger partial charge in [-0.15, -0.1) is 0 Å². The molecule has 0 aliphatic heterocycles. The molecule has 0 fully saturated rings. The Labute approximate surface area is 96.6 Å². The zero-order valence-electron chi connectivity index (χ0n) is 8.53. The van der Waals surface area contributed by atoms with E-state index in [1.807, 2.05) is 12.1 Å². The van der Waals surface area contributed by atoms with Crippen LogP contribution in [0.15, 0.2) is 22.7 Å². The number of halogens is 1. The van der Waals surface area contributed by atoms with Crippen molar-refractivity contribution in [2.75, 3.05) is 25.6 Å². The third kappa shape index (κ3) is 3.13. The maximum atomic E-state index is 10.6. The smallest absolute Gasteiger partial charge is 0.323 e. The summed E-state index contributed by atoms with van der Waals surface area (Å²) in [4.78, 5) is 12.2. The number of carboxylic acids is 1. The molecule has 1 N–H and O–H groups in total. The van der Waals surface area contributed by atoms with Crippen molar-refractivity contribution in [2.24, 2.45) is 0 Å². The van der Waals surface area contributed by atoms with E-state index in [2.05, 4.69) is 15.9 Å². The molecular formula is C10H12BrNO3. The van der Waals surface area contributed by atoms with Crippen molar-refractivity contribution in [3.8, 4) is 5.75 Å². The minimum atomic E-state index is -0.875. The summed E-state index contributed by atoms with van der Waals surface area (Å²) in [7, 11) is 3.26. The molecule has 15 heavy (non-hydrogen) atoms. The number of benzene rings is 1. The lowest BCUT2D eigenvalue weighted by Crippen LogP contribution is -2.25. The molecule has 0 aliphatic rings. The average Bonchev–Trinajstić information content (AvgIpc) is 2.16. The lowest BCUT2D eigenvalue weighted by molar-refractivity contribution is -0.135. The topological polar surface area (TPSA) is 49.8 Å². The van der Waals surface area contributed by atoms with Crippen LogP contribution in [0.25, 0.3) is 0 Å². The van der Waals surface area contributed by atoms with Crippen LogP contribution in [-0.2, 0) is 4.79 Å². The fraction of sp³-hybridized carbons (Fsp3) is 0.300. The van der Waals surface area contributed by atoms with Gasteiger partial charge in [0.25, 0.3) is 0 Å². The second kappa shape index (κ2) is 5.02. The first kappa shape index (κ1) is 11.8. The maximum Gasteiger partial charge on any atom is 0.323 e. The van der Waals surface area contributed by atoms with Gasteiger partial charge in [0.05, 0.1) is 12.8 Å². The van der Waals surface area contributed by atoms with Crippen molar-refractivity contribution in [2.45, 2.75) is 0 Å². The van der Waals surface area contributed by atoms with Crippen molar-refractivity contribution in [1.29, 1.82) is 0 Å². The molecule has 1 rings (SSSR count). The fourth-order valence-electron chi connectivity index (χ4n) is 1.25. The van der Waals surface area contributed by atoms with E-state index in [1.54, 1.807) is 25.1 Å². The first-order valence-corrected chi connectivity index (χ1v) is 5.10. The third-order valence-electron chi connectivity index (χ3n) is 1.92. The van der Waals surface area contributed by atoms with Crippen molar-refractivity contribution < 1.29 is 14.6 Å². The van der Waals surface area contributed by atoms with E-state index in [0.717, 1.165) is 10.2 Å². The minimum absolute atomic E-state index is 0.0627. The highest BCUT2D eigenvalue weighted by atomic mass is 79.9. The molecule has 1 aromatic rings. The molecular weight excluding hydrogens is 262 g/mol. The van der Waals surface area contributed by atoms with Gasteiger partial charge in [0.2, 0.25) is 0 Å². The van der Waals surface area contributed by atoms with Crippen molar-refractivity contribution in [1.82, 2.24) is 0 Å². The van der Waals surface area contributed by atoms with Crippen molar-refractivity contribution in [3.63, 3.8) is 0 Å². The number of hydrogen-bond acceptors (Lipinski definition) is 3. The number of ether oxygens (including phenoxy) is 1. The van der Waals surface area contributed by atoms with Crippen LogP contribution < -0.4 is 9.64 Å². The summed E-state index contributed by atoms with van der Waals surface area (Å²) in [6.07, 6.45) is 0. The quantitative estimate of drug-likeness (QED) is 0.912. The van der Waals surface area contributed by atoms with Crippen LogP contribution in [0.2, 0.25) is 0 Å². The zero-order valence-corrected chi connectivity index (χ0v) is 10.1. The largest absolute Gasteiger partial charge is 0.495 e. The van der Waals surface area contributed by atoms with Crippen molar-refractivity contribution >= 4 is 27.6 Å². The Morgan fingerprint density at radius 1 is 1.60 bits per heavy atom. The summed E-state index contributed by atoms with van der Waals surface area (Å²) >= 11 is 3.33. The number of carbonyl (C=O) groups is 1. The van der Waals surface area contributed by atoms with Crippen LogP contribution in [0, 0.1) is 0 Å². The molecule has 0 unspecified atom stereocenters. The Balaban J connectivity index is 2.99. The molecule has 4 nitrogen and oxygen atoms in total. The molecule has 0 radical (unpaired) electrons. The number of carboxylic acid groups (broad SMARTS) is 1. The van der Waals surface area contributed by atoms with Crippen LogP contribution in [0.5, 0.6) is 5.75 Å². The fourth-order valence-corrected chi connectivity index (χ4v) is 1.60. The standard InChI is InChI=1S/C10H12BrNO3/c1-12(6-10(13)14)8-5-7(11)3-4-9(8)15-2/h3-5H,6H2,1-2H3,(H,13,14). The molecule has 0 spiro atoms. The summed E-state index contributed by atoms with van der Waals surface area (Å²) in [6, 6.07) is 5.45. The number of anilines is 1. The number of nitrogens with zero attached hydrogens (tertiary/aromatic N) is 1. The summed E-state index contributed by atoms with van der Waals surface area (Å²) in [6.45, 7) is -0.0627. The van der Waals surface area contributed by atoms with Crippen molar-refractivity contribution in [3.05, 3.63) is 22.7 Å². The minimum Gasteiger partial charge on any atom is -0.495 e. The maximum absolute atomic E-state index is 10.6. The first-order valence-electron chi connectivity index (χ1n) is 4.31. The van der Waals surface area contributed by atoms with Gasteiger partial charge < -0.3 is 14.7 Å². The predicted octanol–water partition coefficient (Wildman–Crippen LogP) is 1.98. The average molecular weight is 274 g/mol. The molecule has 0 saturated heterocycles. The Morgan fingerprint density at radius 3 is 2.80 bits per heavy atom. The number of likely N-dealkylation sites (N-methyl/N-ethyl adjacent to an activating group) is 1. The van der Waals surface area contributed by atoms with E-state index in [-0.39, 0.29) is 6.54 Å². The van der Waals surface area contributed by atoms with Gasteiger partial charge in [-0.05, 0) is 18.2 Å². The molecule has 0 heterocycles. The number of methoxy groups -OCH3 is 1. The van der Waals surface area contributed by atoms with E-state index in [4.69, 9.17) is 9.84 Å². The Bertz CT molecular complexity index is 368. The highest BCUT2D eigenvalue weighted by Crippen LogP contribution is 2.30. The van der Waals surface area contributed by atoms with Gasteiger partial charge in [0.15, 0.2) is 0 Å². The van der Waals surface area contributed by atoms with Gasteiger partial charge in [0.1, 0.15) is 12.3 Å². The Hall–Kier alpha value is -1.23. The molecule has 82 valence electrons. The summed E-state index contributed by atoms with van der Waals surface area (Å²) in [5.41, 5.74) is 0.745. The Kier molecular flexibility index (Phi) is 3.96. The van der Waals surface area contributed by atoms with Crippen LogP contribution in [0.4, 0.5) is 5.69 Å². The molecule has 0 aromatic heterocycles. The van der Waals surface area contributed by atoms with Gasteiger partial charge in [-0.1, -0.05) is 15.9 Å². The second-order valence-electron chi connectivity index (χ2n) is 3.07. The summed E-state index contributed by atoms with van der Waals surface area (Å²) < 4.78 is 6.03. The van der Waals surface area contributed by atoms with Crippen LogP contribution >= 0.6 is 15.9 Å². The lowest BCUT2D eigenvalue weighted by Gasteiger charge is -2.19. The van der Waals surface area contributed by atoms with E-state index in [0.29, 0.717) is 5.75 Å². The van der Waals surface area contributed by atoms with E-state index in [1.165, 1.54) is 0 Å². The van der Waals surface area contributed by atoms with Gasteiger partial charge in [-0.25, -0.2) is 0 Å². The second-order valence-corrected chi connectivity index (χ2v) is 3.98. The molecule has 0 bridgehead atoms. The summed E-state index contributed by atoms with van der Waals surface area (Å²) in [5, 5.41) is 8.68. The van der Waals surface area contributed by atoms with E-state index in [9.17, 15) is 4.79 Å². The third-order valence-corrected chi connectivity index (χ3v) is 2.42.